The Bertz CT molecular complexity index is 1600. The van der Waals surface area contributed by atoms with Crippen molar-refractivity contribution in [3.05, 3.63) is 28.4 Å². The Hall–Kier alpha value is -4.50. The van der Waals surface area contributed by atoms with Crippen LogP contribution in [-0.2, 0) is 24.0 Å². The van der Waals surface area contributed by atoms with E-state index in [9.17, 15) is 24.3 Å². The van der Waals surface area contributed by atoms with Gasteiger partial charge in [-0.05, 0) is 22.1 Å². The number of β-lactam (4-membered cyclic amide) rings is 1. The third kappa shape index (κ3) is 5.20. The molecule has 2 aliphatic heterocycles. The summed E-state index contributed by atoms with van der Waals surface area (Å²) in [5.41, 5.74) is 17.2. The molecule has 0 spiro atoms. The van der Waals surface area contributed by atoms with Crippen LogP contribution in [0.15, 0.2) is 32.9 Å². The minimum atomic E-state index is -1.29. The number of fused-ring (bicyclic) bond motifs is 2. The van der Waals surface area contributed by atoms with Crippen LogP contribution in [0.5, 0.6) is 0 Å². The SMILES string of the molecule is NC(=O)CON=C(C(=O)NC1C(=O)N2C(C(=O)O)=C(CSc3cc(N)c4nnnn4n3)CS[C@@H]12)c1csc(N)n1. The highest BCUT2D eigenvalue weighted by Gasteiger charge is 2.54. The van der Waals surface area contributed by atoms with Crippen LogP contribution in [0.3, 0.4) is 0 Å². The summed E-state index contributed by atoms with van der Waals surface area (Å²) in [5, 5.41) is 32.7. The van der Waals surface area contributed by atoms with Gasteiger partial charge >= 0.3 is 5.97 Å². The Morgan fingerprint density at radius 1 is 1.32 bits per heavy atom. The number of anilines is 2. The number of thiazole rings is 1. The van der Waals surface area contributed by atoms with Crippen molar-refractivity contribution in [1.29, 1.82) is 0 Å². The molecule has 18 nitrogen and oxygen atoms in total. The molecule has 0 saturated carbocycles. The van der Waals surface area contributed by atoms with Crippen molar-refractivity contribution in [2.24, 2.45) is 10.9 Å². The number of nitrogens with one attached hydrogen (secondary N) is 1. The third-order valence-corrected chi connectivity index (χ3v) is 8.46. The Morgan fingerprint density at radius 3 is 2.83 bits per heavy atom. The van der Waals surface area contributed by atoms with Crippen LogP contribution in [-0.4, -0.2) is 99.2 Å². The van der Waals surface area contributed by atoms with E-state index in [4.69, 9.17) is 22.0 Å². The predicted molar refractivity (Wildman–Crippen MR) is 142 cm³/mol. The molecular weight excluding hydrogens is 588 g/mol. The number of rotatable bonds is 10. The van der Waals surface area contributed by atoms with Crippen LogP contribution in [0.25, 0.3) is 5.65 Å². The summed E-state index contributed by atoms with van der Waals surface area (Å²) in [4.78, 5) is 59.2. The van der Waals surface area contributed by atoms with Crippen LogP contribution >= 0.6 is 34.9 Å². The van der Waals surface area contributed by atoms with E-state index in [1.807, 2.05) is 0 Å². The lowest BCUT2D eigenvalue weighted by Crippen LogP contribution is -2.71. The summed E-state index contributed by atoms with van der Waals surface area (Å²) < 4.78 is 1.17. The molecule has 8 N–H and O–H groups in total. The van der Waals surface area contributed by atoms with Gasteiger partial charge in [-0.25, -0.2) is 9.78 Å². The number of tetrazole rings is 1. The molecule has 0 aromatic carbocycles. The van der Waals surface area contributed by atoms with E-state index in [-0.39, 0.29) is 39.4 Å². The van der Waals surface area contributed by atoms with Crippen molar-refractivity contribution in [2.75, 3.05) is 29.6 Å². The summed E-state index contributed by atoms with van der Waals surface area (Å²) >= 11 is 3.52. The number of nitrogens with two attached hydrogens (primary N) is 3. The molecule has 40 heavy (non-hydrogen) atoms. The zero-order valence-electron chi connectivity index (χ0n) is 20.0. The van der Waals surface area contributed by atoms with Gasteiger partial charge in [0.2, 0.25) is 5.65 Å². The summed E-state index contributed by atoms with van der Waals surface area (Å²) in [6.45, 7) is -0.593. The summed E-state index contributed by atoms with van der Waals surface area (Å²) in [7, 11) is 0. The number of carboxylic acid groups (broad SMARTS) is 1. The highest BCUT2D eigenvalue weighted by Crippen LogP contribution is 2.41. The topological polar surface area (TPSA) is 272 Å². The van der Waals surface area contributed by atoms with Gasteiger partial charge in [0, 0.05) is 16.9 Å². The molecule has 3 aromatic rings. The molecule has 1 saturated heterocycles. The van der Waals surface area contributed by atoms with E-state index < -0.39 is 41.7 Å². The number of thioether (sulfide) groups is 2. The van der Waals surface area contributed by atoms with Crippen molar-refractivity contribution >= 4 is 80.7 Å². The lowest BCUT2D eigenvalue weighted by molar-refractivity contribution is -0.150. The number of nitrogens with zero attached hydrogens (tertiary/aromatic N) is 8. The predicted octanol–water partition coefficient (Wildman–Crippen LogP) is -2.12. The minimum absolute atomic E-state index is 0.0592. The fraction of sp³-hybridized carbons (Fsp3) is 0.263. The Balaban J connectivity index is 1.31. The Morgan fingerprint density at radius 2 is 2.12 bits per heavy atom. The van der Waals surface area contributed by atoms with Crippen molar-refractivity contribution < 1.29 is 29.1 Å². The van der Waals surface area contributed by atoms with E-state index in [0.717, 1.165) is 16.2 Å². The highest BCUT2D eigenvalue weighted by atomic mass is 32.2. The van der Waals surface area contributed by atoms with Crippen LogP contribution in [0, 0.1) is 0 Å². The van der Waals surface area contributed by atoms with Crippen LogP contribution in [0.4, 0.5) is 10.8 Å². The number of carbonyl (C=O) groups excluding carboxylic acids is 3. The number of amides is 3. The van der Waals surface area contributed by atoms with Gasteiger partial charge in [-0.15, -0.1) is 37.9 Å². The van der Waals surface area contributed by atoms with Gasteiger partial charge in [0.1, 0.15) is 27.8 Å². The number of carbonyl (C=O) groups is 4. The first-order chi connectivity index (χ1) is 19.1. The number of carboxylic acids is 1. The van der Waals surface area contributed by atoms with Gasteiger partial charge in [0.25, 0.3) is 17.7 Å². The van der Waals surface area contributed by atoms with Gasteiger partial charge in [-0.2, -0.15) is 0 Å². The number of hydrogen-bond donors (Lipinski definition) is 5. The highest BCUT2D eigenvalue weighted by molar-refractivity contribution is 8.01. The van der Waals surface area contributed by atoms with Crippen molar-refractivity contribution in [3.8, 4) is 0 Å². The molecular formula is C19H18N12O6S3. The quantitative estimate of drug-likeness (QED) is 0.0714. The maximum absolute atomic E-state index is 13.1. The molecule has 0 aliphatic carbocycles. The first kappa shape index (κ1) is 27.1. The normalized spacial score (nSPS) is 18.9. The zero-order chi connectivity index (χ0) is 28.6. The molecule has 3 amide bonds. The maximum atomic E-state index is 13.1. The van der Waals surface area contributed by atoms with E-state index in [1.54, 1.807) is 6.07 Å². The number of aromatic nitrogens is 6. The van der Waals surface area contributed by atoms with Gasteiger partial charge in [0.15, 0.2) is 17.5 Å². The molecule has 208 valence electrons. The van der Waals surface area contributed by atoms with Crippen molar-refractivity contribution in [2.45, 2.75) is 16.4 Å². The fourth-order valence-electron chi connectivity index (χ4n) is 3.74. The third-order valence-electron chi connectivity index (χ3n) is 5.46. The van der Waals surface area contributed by atoms with Gasteiger partial charge in [-0.1, -0.05) is 16.9 Å². The monoisotopic (exact) mass is 606 g/mol. The standard InChI is InChI=1S/C19H18N12O6S3/c20-7-1-10(26-31-14(7)25-28-29-31)38-3-6-4-39-17-12(16(34)30(17)13(6)18(35)36)24-15(33)11(27-37-2-9(21)32)8-5-40-19(22)23-8/h1,5,12,17H,2-4,20H2,(H2,21,32)(H2,22,23)(H,24,33)(H,35,36)/t12?,17-/m0/s1. The number of oxime groups is 1. The van der Waals surface area contributed by atoms with Crippen molar-refractivity contribution in [1.82, 2.24) is 40.5 Å². The molecule has 0 bridgehead atoms. The molecule has 1 fully saturated rings. The van der Waals surface area contributed by atoms with Crippen molar-refractivity contribution in [3.63, 3.8) is 0 Å². The number of aliphatic carboxylic acids is 1. The van der Waals surface area contributed by atoms with E-state index in [0.29, 0.717) is 16.3 Å². The largest absolute Gasteiger partial charge is 0.477 e. The summed E-state index contributed by atoms with van der Waals surface area (Å²) in [6, 6.07) is 0.515. The average Bonchev–Trinajstić information content (AvgIpc) is 3.56. The number of nitrogen functional groups attached to an aromatic ring is 2. The number of primary amides is 1. The zero-order valence-corrected chi connectivity index (χ0v) is 22.4. The molecule has 5 rings (SSSR count). The lowest BCUT2D eigenvalue weighted by Gasteiger charge is -2.49. The van der Waals surface area contributed by atoms with E-state index >= 15 is 0 Å². The van der Waals surface area contributed by atoms with E-state index in [2.05, 4.69) is 36.1 Å². The van der Waals surface area contributed by atoms with Crippen LogP contribution < -0.4 is 22.5 Å². The molecule has 2 aliphatic rings. The van der Waals surface area contributed by atoms with Crippen LogP contribution in [0.1, 0.15) is 5.69 Å². The second kappa shape index (κ2) is 10.9. The fourth-order valence-corrected chi connectivity index (χ4v) is 6.67. The Kier molecular flexibility index (Phi) is 7.40. The van der Waals surface area contributed by atoms with Crippen LogP contribution in [0.2, 0.25) is 0 Å². The Labute approximate surface area is 235 Å². The number of hydrogen-bond acceptors (Lipinski definition) is 16. The maximum Gasteiger partial charge on any atom is 0.352 e. The van der Waals surface area contributed by atoms with Gasteiger partial charge in [0.05, 0.1) is 5.69 Å². The van der Waals surface area contributed by atoms with Gasteiger partial charge in [-0.3, -0.25) is 19.3 Å². The first-order valence-corrected chi connectivity index (χ1v) is 13.9. The molecule has 2 atom stereocenters. The second-order valence-corrected chi connectivity index (χ2v) is 11.1. The molecule has 3 aromatic heterocycles. The first-order valence-electron chi connectivity index (χ1n) is 11.0. The molecule has 1 unspecified atom stereocenters. The second-order valence-electron chi connectivity index (χ2n) is 8.09. The average molecular weight is 607 g/mol. The lowest BCUT2D eigenvalue weighted by atomic mass is 10.0. The summed E-state index contributed by atoms with van der Waals surface area (Å²) in [5.74, 6) is -3.11. The smallest absolute Gasteiger partial charge is 0.352 e. The molecule has 0 radical (unpaired) electrons. The van der Waals surface area contributed by atoms with Gasteiger partial charge < -0.3 is 32.5 Å². The van der Waals surface area contributed by atoms with E-state index in [1.165, 1.54) is 33.5 Å². The minimum Gasteiger partial charge on any atom is -0.477 e. The molecule has 5 heterocycles. The summed E-state index contributed by atoms with van der Waals surface area (Å²) in [6.07, 6.45) is 0. The molecule has 21 heteroatoms.